The third kappa shape index (κ3) is 2.68. The van der Waals surface area contributed by atoms with Crippen molar-refractivity contribution in [3.8, 4) is 11.1 Å². The highest BCUT2D eigenvalue weighted by molar-refractivity contribution is 5.75. The van der Waals surface area contributed by atoms with Crippen molar-refractivity contribution in [1.29, 1.82) is 0 Å². The molecular weight excluding hydrogens is 314 g/mol. The van der Waals surface area contributed by atoms with Crippen LogP contribution in [0.25, 0.3) is 11.1 Å². The van der Waals surface area contributed by atoms with E-state index in [0.717, 1.165) is 17.0 Å². The highest BCUT2D eigenvalue weighted by Gasteiger charge is 2.28. The maximum atomic E-state index is 4.09. The predicted molar refractivity (Wildman–Crippen MR) is 111 cm³/mol. The first-order valence-electron chi connectivity index (χ1n) is 8.83. The first-order valence-corrected chi connectivity index (χ1v) is 8.83. The number of anilines is 1. The van der Waals surface area contributed by atoms with Crippen molar-refractivity contribution < 1.29 is 0 Å². The lowest BCUT2D eigenvalue weighted by molar-refractivity contribution is 0.948. The molecule has 1 heterocycles. The van der Waals surface area contributed by atoms with Crippen molar-refractivity contribution in [2.75, 3.05) is 5.32 Å². The SMILES string of the molecule is C=CC1=C(C=C)C(c2ccccc2-c2ccccc2)c2ccccc2N1. The fourth-order valence-electron chi connectivity index (χ4n) is 3.76. The summed E-state index contributed by atoms with van der Waals surface area (Å²) in [6, 6.07) is 27.7. The molecule has 1 nitrogen and oxygen atoms in total. The molecule has 4 rings (SSSR count). The maximum Gasteiger partial charge on any atom is 0.0426 e. The summed E-state index contributed by atoms with van der Waals surface area (Å²) in [7, 11) is 0. The van der Waals surface area contributed by atoms with Gasteiger partial charge in [0.15, 0.2) is 0 Å². The molecule has 3 aromatic carbocycles. The van der Waals surface area contributed by atoms with Crippen LogP contribution in [0.3, 0.4) is 0 Å². The van der Waals surface area contributed by atoms with Gasteiger partial charge in [-0.25, -0.2) is 0 Å². The molecule has 1 heteroatoms. The number of hydrogen-bond donors (Lipinski definition) is 1. The van der Waals surface area contributed by atoms with Crippen molar-refractivity contribution in [2.24, 2.45) is 0 Å². The molecule has 0 saturated heterocycles. The second kappa shape index (κ2) is 6.89. The second-order valence-corrected chi connectivity index (χ2v) is 6.38. The molecule has 3 aromatic rings. The van der Waals surface area contributed by atoms with Gasteiger partial charge in [0.2, 0.25) is 0 Å². The fraction of sp³-hybridized carbons (Fsp3) is 0.0400. The molecule has 0 bridgehead atoms. The summed E-state index contributed by atoms with van der Waals surface area (Å²) in [6.07, 6.45) is 3.83. The maximum absolute atomic E-state index is 4.09. The largest absolute Gasteiger partial charge is 0.355 e. The molecule has 1 aliphatic heterocycles. The summed E-state index contributed by atoms with van der Waals surface area (Å²) < 4.78 is 0. The Morgan fingerprint density at radius 2 is 1.35 bits per heavy atom. The van der Waals surface area contributed by atoms with Gasteiger partial charge in [0.05, 0.1) is 0 Å². The number of rotatable bonds is 4. The van der Waals surface area contributed by atoms with Gasteiger partial charge in [0.25, 0.3) is 0 Å². The minimum Gasteiger partial charge on any atom is -0.355 e. The van der Waals surface area contributed by atoms with E-state index in [4.69, 9.17) is 0 Å². The highest BCUT2D eigenvalue weighted by atomic mass is 14.9. The zero-order valence-corrected chi connectivity index (χ0v) is 14.7. The van der Waals surface area contributed by atoms with Crippen LogP contribution in [0, 0.1) is 0 Å². The van der Waals surface area contributed by atoms with Crippen LogP contribution in [0.2, 0.25) is 0 Å². The molecule has 1 unspecified atom stereocenters. The van der Waals surface area contributed by atoms with Gasteiger partial charge in [-0.2, -0.15) is 0 Å². The average Bonchev–Trinajstić information content (AvgIpc) is 2.73. The van der Waals surface area contributed by atoms with Crippen LogP contribution in [0.5, 0.6) is 0 Å². The van der Waals surface area contributed by atoms with Gasteiger partial charge < -0.3 is 5.32 Å². The minimum absolute atomic E-state index is 0.120. The molecule has 0 radical (unpaired) electrons. The third-order valence-corrected chi connectivity index (χ3v) is 4.94. The Labute approximate surface area is 155 Å². The summed E-state index contributed by atoms with van der Waals surface area (Å²) in [4.78, 5) is 0. The van der Waals surface area contributed by atoms with Crippen LogP contribution in [-0.4, -0.2) is 0 Å². The van der Waals surface area contributed by atoms with Crippen molar-refractivity contribution in [3.05, 3.63) is 127 Å². The van der Waals surface area contributed by atoms with E-state index in [1.165, 1.54) is 22.3 Å². The van der Waals surface area contributed by atoms with E-state index in [2.05, 4.69) is 97.3 Å². The van der Waals surface area contributed by atoms with E-state index in [-0.39, 0.29) is 5.92 Å². The second-order valence-electron chi connectivity index (χ2n) is 6.38. The van der Waals surface area contributed by atoms with Gasteiger partial charge in [-0.1, -0.05) is 92.0 Å². The number of para-hydroxylation sites is 1. The molecule has 0 aliphatic carbocycles. The Balaban J connectivity index is 1.99. The molecule has 0 saturated carbocycles. The highest BCUT2D eigenvalue weighted by Crippen LogP contribution is 2.45. The molecule has 0 fully saturated rings. The molecule has 1 N–H and O–H groups in total. The topological polar surface area (TPSA) is 12.0 Å². The van der Waals surface area contributed by atoms with E-state index in [1.54, 1.807) is 0 Å². The van der Waals surface area contributed by atoms with E-state index in [0.29, 0.717) is 0 Å². The molecule has 0 spiro atoms. The lowest BCUT2D eigenvalue weighted by Crippen LogP contribution is -2.17. The molecule has 0 aromatic heterocycles. The normalized spacial score (nSPS) is 15.8. The lowest BCUT2D eigenvalue weighted by atomic mass is 9.78. The van der Waals surface area contributed by atoms with E-state index >= 15 is 0 Å². The monoisotopic (exact) mass is 335 g/mol. The first kappa shape index (κ1) is 16.2. The Hall–Kier alpha value is -3.32. The van der Waals surface area contributed by atoms with Crippen LogP contribution in [0.1, 0.15) is 17.0 Å². The van der Waals surface area contributed by atoms with Gasteiger partial charge in [0.1, 0.15) is 0 Å². The van der Waals surface area contributed by atoms with Gasteiger partial charge in [-0.05, 0) is 40.0 Å². The molecule has 26 heavy (non-hydrogen) atoms. The third-order valence-electron chi connectivity index (χ3n) is 4.94. The molecule has 126 valence electrons. The Morgan fingerprint density at radius 1 is 0.692 bits per heavy atom. The molecule has 1 atom stereocenters. The van der Waals surface area contributed by atoms with Crippen LogP contribution < -0.4 is 5.32 Å². The number of hydrogen-bond acceptors (Lipinski definition) is 1. The first-order chi connectivity index (χ1) is 12.8. The standard InChI is InChI=1S/C25H21N/c1-3-19-23(4-2)26-24-17-11-10-16-22(24)25(19)21-15-9-8-14-20(21)18-12-6-5-7-13-18/h3-17,25-26H,1-2H2. The van der Waals surface area contributed by atoms with Crippen LogP contribution in [-0.2, 0) is 0 Å². The molecule has 0 amide bonds. The summed E-state index contributed by atoms with van der Waals surface area (Å²) in [6.45, 7) is 8.08. The summed E-state index contributed by atoms with van der Waals surface area (Å²) in [5.41, 5.74) is 8.31. The Morgan fingerprint density at radius 3 is 2.08 bits per heavy atom. The Kier molecular flexibility index (Phi) is 4.28. The van der Waals surface area contributed by atoms with Crippen LogP contribution in [0.4, 0.5) is 5.69 Å². The molecular formula is C25H21N. The van der Waals surface area contributed by atoms with Crippen molar-refractivity contribution in [2.45, 2.75) is 5.92 Å². The zero-order chi connectivity index (χ0) is 17.9. The average molecular weight is 335 g/mol. The van der Waals surface area contributed by atoms with Crippen LogP contribution in [0.15, 0.2) is 115 Å². The van der Waals surface area contributed by atoms with Gasteiger partial charge in [0, 0.05) is 17.3 Å². The number of fused-ring (bicyclic) bond motifs is 1. The molecule has 1 aliphatic rings. The van der Waals surface area contributed by atoms with Crippen molar-refractivity contribution in [3.63, 3.8) is 0 Å². The predicted octanol–water partition coefficient (Wildman–Crippen LogP) is 6.54. The fourth-order valence-corrected chi connectivity index (χ4v) is 3.76. The van der Waals surface area contributed by atoms with E-state index in [9.17, 15) is 0 Å². The van der Waals surface area contributed by atoms with Crippen molar-refractivity contribution in [1.82, 2.24) is 0 Å². The minimum atomic E-state index is 0.120. The van der Waals surface area contributed by atoms with Gasteiger partial charge in [-0.3, -0.25) is 0 Å². The smallest absolute Gasteiger partial charge is 0.0426 e. The quantitative estimate of drug-likeness (QED) is 0.571. The van der Waals surface area contributed by atoms with Gasteiger partial charge >= 0.3 is 0 Å². The number of allylic oxidation sites excluding steroid dienone is 3. The Bertz CT molecular complexity index is 995. The summed E-state index contributed by atoms with van der Waals surface area (Å²) >= 11 is 0. The zero-order valence-electron chi connectivity index (χ0n) is 14.7. The lowest BCUT2D eigenvalue weighted by Gasteiger charge is -2.31. The van der Waals surface area contributed by atoms with Gasteiger partial charge in [-0.15, -0.1) is 0 Å². The van der Waals surface area contributed by atoms with E-state index < -0.39 is 0 Å². The van der Waals surface area contributed by atoms with E-state index in [1.807, 2.05) is 12.2 Å². The summed E-state index contributed by atoms with van der Waals surface area (Å²) in [5, 5.41) is 3.50. The van der Waals surface area contributed by atoms with Crippen LogP contribution >= 0.6 is 0 Å². The van der Waals surface area contributed by atoms with Crippen molar-refractivity contribution >= 4 is 5.69 Å². The number of nitrogens with one attached hydrogen (secondary N) is 1. The number of benzene rings is 3. The summed E-state index contributed by atoms with van der Waals surface area (Å²) in [5.74, 6) is 0.120.